The summed E-state index contributed by atoms with van der Waals surface area (Å²) in [7, 11) is 0. The fraction of sp³-hybridized carbons (Fsp3) is 0.533. The summed E-state index contributed by atoms with van der Waals surface area (Å²) in [4.78, 5) is 11.8. The molecule has 1 aliphatic heterocycles. The fourth-order valence-electron chi connectivity index (χ4n) is 2.44. The molecule has 18 heavy (non-hydrogen) atoms. The van der Waals surface area contributed by atoms with E-state index in [9.17, 15) is 4.79 Å². The predicted molar refractivity (Wildman–Crippen MR) is 69.5 cm³/mol. The Bertz CT molecular complexity index is 413. The SMILES string of the molecule is O=C(CC1CC1)NC1CCc2ccccc2OC1. The molecule has 2 aliphatic rings. The number of amides is 1. The molecule has 1 fully saturated rings. The van der Waals surface area contributed by atoms with Crippen LogP contribution in [0.1, 0.15) is 31.2 Å². The Morgan fingerprint density at radius 1 is 1.28 bits per heavy atom. The number of carbonyl (C=O) groups excluding carboxylic acids is 1. The molecule has 0 radical (unpaired) electrons. The van der Waals surface area contributed by atoms with E-state index in [1.54, 1.807) is 0 Å². The summed E-state index contributed by atoms with van der Waals surface area (Å²) < 4.78 is 5.77. The van der Waals surface area contributed by atoms with Crippen molar-refractivity contribution in [3.8, 4) is 5.75 Å². The number of ether oxygens (including phenoxy) is 1. The van der Waals surface area contributed by atoms with Gasteiger partial charge in [0.2, 0.25) is 5.91 Å². The van der Waals surface area contributed by atoms with Crippen molar-refractivity contribution in [3.63, 3.8) is 0 Å². The molecule has 1 heterocycles. The predicted octanol–water partition coefficient (Wildman–Crippen LogP) is 2.30. The van der Waals surface area contributed by atoms with E-state index in [1.165, 1.54) is 18.4 Å². The van der Waals surface area contributed by atoms with Crippen molar-refractivity contribution in [2.45, 2.75) is 38.1 Å². The minimum Gasteiger partial charge on any atom is -0.491 e. The van der Waals surface area contributed by atoms with Gasteiger partial charge in [0.1, 0.15) is 12.4 Å². The van der Waals surface area contributed by atoms with Crippen molar-refractivity contribution in [3.05, 3.63) is 29.8 Å². The number of benzene rings is 1. The van der Waals surface area contributed by atoms with E-state index in [1.807, 2.05) is 18.2 Å². The van der Waals surface area contributed by atoms with Crippen LogP contribution in [0.5, 0.6) is 5.75 Å². The van der Waals surface area contributed by atoms with E-state index in [0.29, 0.717) is 18.9 Å². The molecule has 3 heteroatoms. The lowest BCUT2D eigenvalue weighted by atomic mass is 10.1. The van der Waals surface area contributed by atoms with Gasteiger partial charge in [-0.05, 0) is 43.2 Å². The maximum atomic E-state index is 11.8. The molecule has 3 rings (SSSR count). The van der Waals surface area contributed by atoms with Crippen LogP contribution in [0.3, 0.4) is 0 Å². The van der Waals surface area contributed by atoms with Crippen LogP contribution in [-0.2, 0) is 11.2 Å². The fourth-order valence-corrected chi connectivity index (χ4v) is 2.44. The van der Waals surface area contributed by atoms with Crippen LogP contribution < -0.4 is 10.1 Å². The van der Waals surface area contributed by atoms with Gasteiger partial charge in [0.25, 0.3) is 0 Å². The van der Waals surface area contributed by atoms with E-state index in [0.717, 1.165) is 18.6 Å². The molecule has 0 saturated heterocycles. The van der Waals surface area contributed by atoms with Crippen molar-refractivity contribution in [1.82, 2.24) is 5.32 Å². The summed E-state index contributed by atoms with van der Waals surface area (Å²) in [5.74, 6) is 1.81. The standard InChI is InChI=1S/C15H19NO2/c17-15(9-11-5-6-11)16-13-8-7-12-3-1-2-4-14(12)18-10-13/h1-4,11,13H,5-10H2,(H,16,17). The van der Waals surface area contributed by atoms with Gasteiger partial charge in [0.15, 0.2) is 0 Å². The molecule has 0 spiro atoms. The molecule has 3 nitrogen and oxygen atoms in total. The third kappa shape index (κ3) is 2.84. The average Bonchev–Trinajstić information content (AvgIpc) is 3.18. The molecule has 0 aromatic heterocycles. The maximum Gasteiger partial charge on any atom is 0.220 e. The summed E-state index contributed by atoms with van der Waals surface area (Å²) in [5, 5.41) is 3.10. The van der Waals surface area contributed by atoms with Crippen LogP contribution in [0.2, 0.25) is 0 Å². The lowest BCUT2D eigenvalue weighted by Gasteiger charge is -2.16. The normalized spacial score (nSPS) is 22.6. The number of hydrogen-bond donors (Lipinski definition) is 1. The lowest BCUT2D eigenvalue weighted by Crippen LogP contribution is -2.38. The highest BCUT2D eigenvalue weighted by molar-refractivity contribution is 5.76. The van der Waals surface area contributed by atoms with Gasteiger partial charge < -0.3 is 10.1 Å². The number of para-hydroxylation sites is 1. The van der Waals surface area contributed by atoms with Gasteiger partial charge in [-0.25, -0.2) is 0 Å². The summed E-state index contributed by atoms with van der Waals surface area (Å²) in [6, 6.07) is 8.29. The van der Waals surface area contributed by atoms with Crippen LogP contribution in [0.15, 0.2) is 24.3 Å². The highest BCUT2D eigenvalue weighted by Crippen LogP contribution is 2.32. The third-order valence-corrected chi connectivity index (χ3v) is 3.71. The smallest absolute Gasteiger partial charge is 0.220 e. The van der Waals surface area contributed by atoms with Crippen LogP contribution >= 0.6 is 0 Å². The van der Waals surface area contributed by atoms with Gasteiger partial charge >= 0.3 is 0 Å². The zero-order valence-electron chi connectivity index (χ0n) is 10.5. The molecule has 1 unspecified atom stereocenters. The zero-order chi connectivity index (χ0) is 12.4. The Labute approximate surface area is 108 Å². The van der Waals surface area contributed by atoms with Crippen molar-refractivity contribution in [2.75, 3.05) is 6.61 Å². The number of fused-ring (bicyclic) bond motifs is 1. The molecule has 1 N–H and O–H groups in total. The Hall–Kier alpha value is -1.51. The van der Waals surface area contributed by atoms with Crippen molar-refractivity contribution >= 4 is 5.91 Å². The first-order valence-corrected chi connectivity index (χ1v) is 6.81. The topological polar surface area (TPSA) is 38.3 Å². The van der Waals surface area contributed by atoms with Gasteiger partial charge in [-0.2, -0.15) is 0 Å². The Kier molecular flexibility index (Phi) is 3.22. The molecular weight excluding hydrogens is 226 g/mol. The number of rotatable bonds is 3. The summed E-state index contributed by atoms with van der Waals surface area (Å²) >= 11 is 0. The van der Waals surface area contributed by atoms with Crippen molar-refractivity contribution < 1.29 is 9.53 Å². The Balaban J connectivity index is 1.55. The van der Waals surface area contributed by atoms with Crippen molar-refractivity contribution in [2.24, 2.45) is 5.92 Å². The van der Waals surface area contributed by atoms with Crippen LogP contribution in [0.4, 0.5) is 0 Å². The molecule has 1 amide bonds. The monoisotopic (exact) mass is 245 g/mol. The zero-order valence-corrected chi connectivity index (χ0v) is 10.5. The average molecular weight is 245 g/mol. The van der Waals surface area contributed by atoms with Gasteiger partial charge in [-0.3, -0.25) is 4.79 Å². The van der Waals surface area contributed by atoms with Crippen molar-refractivity contribution in [1.29, 1.82) is 0 Å². The number of aryl methyl sites for hydroxylation is 1. The molecule has 0 bridgehead atoms. The van der Waals surface area contributed by atoms with Gasteiger partial charge in [-0.1, -0.05) is 18.2 Å². The second-order valence-corrected chi connectivity index (χ2v) is 5.37. The second kappa shape index (κ2) is 5.01. The number of carbonyl (C=O) groups is 1. The molecule has 1 aromatic rings. The molecule has 1 aliphatic carbocycles. The number of nitrogens with one attached hydrogen (secondary N) is 1. The largest absolute Gasteiger partial charge is 0.491 e. The van der Waals surface area contributed by atoms with Gasteiger partial charge in [-0.15, -0.1) is 0 Å². The number of hydrogen-bond acceptors (Lipinski definition) is 2. The Morgan fingerprint density at radius 3 is 2.94 bits per heavy atom. The van der Waals surface area contributed by atoms with Crippen LogP contribution in [0.25, 0.3) is 0 Å². The summed E-state index contributed by atoms with van der Waals surface area (Å²) in [5.41, 5.74) is 1.25. The molecule has 1 atom stereocenters. The van der Waals surface area contributed by atoms with Crippen LogP contribution in [0, 0.1) is 5.92 Å². The van der Waals surface area contributed by atoms with E-state index >= 15 is 0 Å². The Morgan fingerprint density at radius 2 is 2.11 bits per heavy atom. The first-order chi connectivity index (χ1) is 8.81. The highest BCUT2D eigenvalue weighted by Gasteiger charge is 2.26. The summed E-state index contributed by atoms with van der Waals surface area (Å²) in [6.07, 6.45) is 5.08. The molecule has 1 aromatic carbocycles. The van der Waals surface area contributed by atoms with Gasteiger partial charge in [0.05, 0.1) is 6.04 Å². The third-order valence-electron chi connectivity index (χ3n) is 3.71. The van der Waals surface area contributed by atoms with Gasteiger partial charge in [0, 0.05) is 6.42 Å². The van der Waals surface area contributed by atoms with E-state index in [-0.39, 0.29) is 11.9 Å². The quantitative estimate of drug-likeness (QED) is 0.887. The highest BCUT2D eigenvalue weighted by atomic mass is 16.5. The van der Waals surface area contributed by atoms with Crippen LogP contribution in [-0.4, -0.2) is 18.6 Å². The first kappa shape index (κ1) is 11.6. The molecule has 1 saturated carbocycles. The molecular formula is C15H19NO2. The van der Waals surface area contributed by atoms with E-state index < -0.39 is 0 Å². The summed E-state index contributed by atoms with van der Waals surface area (Å²) in [6.45, 7) is 0.591. The lowest BCUT2D eigenvalue weighted by molar-refractivity contribution is -0.122. The minimum atomic E-state index is 0.156. The molecule has 96 valence electrons. The second-order valence-electron chi connectivity index (χ2n) is 5.37. The first-order valence-electron chi connectivity index (χ1n) is 6.81. The minimum absolute atomic E-state index is 0.156. The van der Waals surface area contributed by atoms with E-state index in [2.05, 4.69) is 11.4 Å². The van der Waals surface area contributed by atoms with E-state index in [4.69, 9.17) is 4.74 Å². The maximum absolute atomic E-state index is 11.8.